The smallest absolute Gasteiger partial charge is 0.138 e. The summed E-state index contributed by atoms with van der Waals surface area (Å²) < 4.78 is 2.01. The maximum Gasteiger partial charge on any atom is 0.138 e. The molecule has 0 aromatic carbocycles. The molecular formula is C15H29N5. The summed E-state index contributed by atoms with van der Waals surface area (Å²) in [5, 5.41) is 4.30. The van der Waals surface area contributed by atoms with E-state index in [9.17, 15) is 0 Å². The minimum absolute atomic E-state index is 0.311. The van der Waals surface area contributed by atoms with Crippen LogP contribution in [0.15, 0.2) is 6.33 Å². The lowest BCUT2D eigenvalue weighted by atomic mass is 9.71. The van der Waals surface area contributed by atoms with Crippen molar-refractivity contribution < 1.29 is 0 Å². The number of nitrogens with two attached hydrogens (primary N) is 1. The van der Waals surface area contributed by atoms with E-state index in [1.54, 1.807) is 6.33 Å². The first-order valence-corrected chi connectivity index (χ1v) is 7.88. The lowest BCUT2D eigenvalue weighted by Gasteiger charge is -2.37. The molecule has 0 spiro atoms. The zero-order chi connectivity index (χ0) is 14.6. The first-order valence-electron chi connectivity index (χ1n) is 7.88. The molecule has 1 fully saturated rings. The minimum atomic E-state index is 0.311. The van der Waals surface area contributed by atoms with Gasteiger partial charge in [0.25, 0.3) is 0 Å². The van der Waals surface area contributed by atoms with Crippen LogP contribution in [0.5, 0.6) is 0 Å². The van der Waals surface area contributed by atoms with Gasteiger partial charge in [-0.2, -0.15) is 5.10 Å². The lowest BCUT2D eigenvalue weighted by Crippen LogP contribution is -2.44. The van der Waals surface area contributed by atoms with Gasteiger partial charge in [-0.1, -0.05) is 20.8 Å². The maximum atomic E-state index is 5.80. The van der Waals surface area contributed by atoms with Crippen molar-refractivity contribution in [1.82, 2.24) is 20.2 Å². The number of aryl methyl sites for hydroxylation is 1. The third-order valence-corrected chi connectivity index (χ3v) is 4.70. The van der Waals surface area contributed by atoms with Gasteiger partial charge in [0.2, 0.25) is 0 Å². The molecule has 0 bridgehead atoms. The fourth-order valence-corrected chi connectivity index (χ4v) is 3.23. The highest BCUT2D eigenvalue weighted by Crippen LogP contribution is 2.39. The summed E-state index contributed by atoms with van der Waals surface area (Å²) >= 11 is 0. The van der Waals surface area contributed by atoms with Gasteiger partial charge in [-0.15, -0.1) is 0 Å². The molecule has 1 aromatic heterocycles. The molecule has 1 aliphatic carbocycles. The first kappa shape index (κ1) is 15.4. The molecule has 1 heterocycles. The van der Waals surface area contributed by atoms with Crippen LogP contribution in [0.4, 0.5) is 0 Å². The Morgan fingerprint density at radius 1 is 1.45 bits per heavy atom. The van der Waals surface area contributed by atoms with Crippen LogP contribution in [-0.2, 0) is 13.0 Å². The van der Waals surface area contributed by atoms with E-state index in [1.807, 2.05) is 4.68 Å². The van der Waals surface area contributed by atoms with Crippen molar-refractivity contribution in [3.8, 4) is 0 Å². The van der Waals surface area contributed by atoms with E-state index in [1.165, 1.54) is 25.7 Å². The zero-order valence-corrected chi connectivity index (χ0v) is 13.1. The van der Waals surface area contributed by atoms with Crippen molar-refractivity contribution in [3.05, 3.63) is 12.2 Å². The summed E-state index contributed by atoms with van der Waals surface area (Å²) in [6.45, 7) is 7.83. The summed E-state index contributed by atoms with van der Waals surface area (Å²) in [4.78, 5) is 4.40. The van der Waals surface area contributed by atoms with Crippen LogP contribution >= 0.6 is 0 Å². The monoisotopic (exact) mass is 279 g/mol. The third kappa shape index (κ3) is 3.79. The molecule has 3 N–H and O–H groups in total. The van der Waals surface area contributed by atoms with Crippen LogP contribution < -0.4 is 11.3 Å². The van der Waals surface area contributed by atoms with Crippen LogP contribution in [0.1, 0.15) is 58.7 Å². The van der Waals surface area contributed by atoms with E-state index < -0.39 is 0 Å². The Bertz CT molecular complexity index is 402. The SMILES string of the molecule is CCCn1ncnc1CC(NN)C1CCC(C)(C)CC1. The molecular weight excluding hydrogens is 250 g/mol. The highest BCUT2D eigenvalue weighted by molar-refractivity contribution is 4.93. The van der Waals surface area contributed by atoms with Crippen molar-refractivity contribution in [3.63, 3.8) is 0 Å². The highest BCUT2D eigenvalue weighted by atomic mass is 15.3. The normalized spacial score (nSPS) is 21.0. The lowest BCUT2D eigenvalue weighted by molar-refractivity contribution is 0.159. The summed E-state index contributed by atoms with van der Waals surface area (Å²) in [7, 11) is 0. The Hall–Kier alpha value is -0.940. The molecule has 114 valence electrons. The van der Waals surface area contributed by atoms with Gasteiger partial charge in [0.05, 0.1) is 0 Å². The molecule has 1 aliphatic rings. The van der Waals surface area contributed by atoms with Gasteiger partial charge >= 0.3 is 0 Å². The molecule has 20 heavy (non-hydrogen) atoms. The number of nitrogens with zero attached hydrogens (tertiary/aromatic N) is 3. The van der Waals surface area contributed by atoms with Gasteiger partial charge in [0, 0.05) is 19.0 Å². The molecule has 1 atom stereocenters. The number of rotatable bonds is 6. The fraction of sp³-hybridized carbons (Fsp3) is 0.867. The largest absolute Gasteiger partial charge is 0.271 e. The molecule has 5 nitrogen and oxygen atoms in total. The van der Waals surface area contributed by atoms with E-state index in [4.69, 9.17) is 5.84 Å². The molecule has 0 aliphatic heterocycles. The highest BCUT2D eigenvalue weighted by Gasteiger charge is 2.31. The van der Waals surface area contributed by atoms with Gasteiger partial charge < -0.3 is 0 Å². The fourth-order valence-electron chi connectivity index (χ4n) is 3.23. The molecule has 0 amide bonds. The Labute approximate surface area is 122 Å². The van der Waals surface area contributed by atoms with Crippen LogP contribution in [0.25, 0.3) is 0 Å². The van der Waals surface area contributed by atoms with Gasteiger partial charge in [-0.25, -0.2) is 4.98 Å². The van der Waals surface area contributed by atoms with Crippen molar-refractivity contribution in [1.29, 1.82) is 0 Å². The zero-order valence-electron chi connectivity index (χ0n) is 13.1. The predicted octanol–water partition coefficient (Wildman–Crippen LogP) is 2.28. The van der Waals surface area contributed by atoms with Crippen molar-refractivity contribution >= 4 is 0 Å². The second-order valence-corrected chi connectivity index (χ2v) is 6.88. The van der Waals surface area contributed by atoms with Crippen LogP contribution in [0.2, 0.25) is 0 Å². The minimum Gasteiger partial charge on any atom is -0.271 e. The molecule has 1 saturated carbocycles. The second-order valence-electron chi connectivity index (χ2n) is 6.88. The Morgan fingerprint density at radius 3 is 2.75 bits per heavy atom. The number of hydrogen-bond donors (Lipinski definition) is 2. The topological polar surface area (TPSA) is 68.8 Å². The number of aromatic nitrogens is 3. The summed E-state index contributed by atoms with van der Waals surface area (Å²) in [6, 6.07) is 0.311. The maximum absolute atomic E-state index is 5.80. The molecule has 1 aromatic rings. The number of nitrogens with one attached hydrogen (secondary N) is 1. The van der Waals surface area contributed by atoms with Crippen molar-refractivity contribution in [2.45, 2.75) is 71.9 Å². The van der Waals surface area contributed by atoms with Crippen LogP contribution in [0, 0.1) is 11.3 Å². The summed E-state index contributed by atoms with van der Waals surface area (Å²) in [6.07, 6.45) is 8.70. The third-order valence-electron chi connectivity index (χ3n) is 4.70. The Morgan fingerprint density at radius 2 is 2.15 bits per heavy atom. The van der Waals surface area contributed by atoms with Gasteiger partial charge in [-0.05, 0) is 43.4 Å². The Kier molecular flexibility index (Phi) is 5.16. The number of hydrogen-bond acceptors (Lipinski definition) is 4. The van der Waals surface area contributed by atoms with E-state index in [0.717, 1.165) is 25.2 Å². The average Bonchev–Trinajstić information content (AvgIpc) is 2.84. The van der Waals surface area contributed by atoms with Gasteiger partial charge in [0.1, 0.15) is 12.2 Å². The number of hydrazine groups is 1. The van der Waals surface area contributed by atoms with Crippen molar-refractivity contribution in [2.24, 2.45) is 17.2 Å². The quantitative estimate of drug-likeness (QED) is 0.619. The standard InChI is InChI=1S/C15H29N5/c1-4-9-20-14(17-11-18-20)10-13(19-16)12-5-7-15(2,3)8-6-12/h11-13,19H,4-10,16H2,1-3H3. The van der Waals surface area contributed by atoms with E-state index >= 15 is 0 Å². The van der Waals surface area contributed by atoms with Gasteiger partial charge in [0.15, 0.2) is 0 Å². The summed E-state index contributed by atoms with van der Waals surface area (Å²) in [5.74, 6) is 7.51. The predicted molar refractivity (Wildman–Crippen MR) is 80.9 cm³/mol. The molecule has 2 rings (SSSR count). The molecule has 0 radical (unpaired) electrons. The van der Waals surface area contributed by atoms with E-state index in [2.05, 4.69) is 36.3 Å². The molecule has 0 saturated heterocycles. The van der Waals surface area contributed by atoms with E-state index in [-0.39, 0.29) is 0 Å². The Balaban J connectivity index is 1.97. The summed E-state index contributed by atoms with van der Waals surface area (Å²) in [5.41, 5.74) is 3.52. The second kappa shape index (κ2) is 6.68. The van der Waals surface area contributed by atoms with Crippen LogP contribution in [0.3, 0.4) is 0 Å². The van der Waals surface area contributed by atoms with Crippen molar-refractivity contribution in [2.75, 3.05) is 0 Å². The van der Waals surface area contributed by atoms with Gasteiger partial charge in [-0.3, -0.25) is 16.0 Å². The molecule has 1 unspecified atom stereocenters. The van der Waals surface area contributed by atoms with Crippen LogP contribution in [-0.4, -0.2) is 20.8 Å². The first-order chi connectivity index (χ1) is 9.55. The van der Waals surface area contributed by atoms with E-state index in [0.29, 0.717) is 17.4 Å². The average molecular weight is 279 g/mol. The molecule has 5 heteroatoms.